The van der Waals surface area contributed by atoms with Crippen LogP contribution in [0.2, 0.25) is 0 Å². The van der Waals surface area contributed by atoms with Gasteiger partial charge in [-0.25, -0.2) is 0 Å². The van der Waals surface area contributed by atoms with Crippen LogP contribution in [-0.2, 0) is 4.74 Å². The normalized spacial score (nSPS) is 38.8. The maximum absolute atomic E-state index is 8.92. The minimum absolute atomic E-state index is 0.150. The fraction of sp³-hybridized carbons (Fsp3) is 0.727. The average molecular weight is 177 g/mol. The zero-order chi connectivity index (χ0) is 9.10. The lowest BCUT2D eigenvalue weighted by Gasteiger charge is -2.25. The van der Waals surface area contributed by atoms with E-state index in [1.807, 2.05) is 0 Å². The molecule has 1 saturated heterocycles. The summed E-state index contributed by atoms with van der Waals surface area (Å²) in [6.45, 7) is 0.781. The Morgan fingerprint density at radius 2 is 2.23 bits per heavy atom. The van der Waals surface area contributed by atoms with E-state index in [0.29, 0.717) is 5.92 Å². The molecule has 2 aliphatic rings. The highest BCUT2D eigenvalue weighted by Crippen LogP contribution is 2.33. The van der Waals surface area contributed by atoms with E-state index in [1.54, 1.807) is 0 Å². The van der Waals surface area contributed by atoms with Gasteiger partial charge in [-0.3, -0.25) is 0 Å². The molecular formula is C11H15NO. The highest BCUT2D eigenvalue weighted by atomic mass is 16.5. The minimum Gasteiger partial charge on any atom is -0.377 e. The van der Waals surface area contributed by atoms with Crippen LogP contribution in [0.3, 0.4) is 0 Å². The van der Waals surface area contributed by atoms with Crippen LogP contribution in [0, 0.1) is 23.2 Å². The first kappa shape index (κ1) is 8.77. The molecule has 0 N–H and O–H groups in total. The zero-order valence-electron chi connectivity index (χ0n) is 7.78. The van der Waals surface area contributed by atoms with Crippen LogP contribution in [0.25, 0.3) is 0 Å². The van der Waals surface area contributed by atoms with Gasteiger partial charge >= 0.3 is 0 Å². The van der Waals surface area contributed by atoms with Crippen LogP contribution >= 0.6 is 0 Å². The van der Waals surface area contributed by atoms with Gasteiger partial charge in [0.1, 0.15) is 0 Å². The van der Waals surface area contributed by atoms with Gasteiger partial charge in [0.2, 0.25) is 0 Å². The van der Waals surface area contributed by atoms with Gasteiger partial charge in [-0.15, -0.1) is 0 Å². The van der Waals surface area contributed by atoms with Gasteiger partial charge in [0.05, 0.1) is 18.1 Å². The maximum Gasteiger partial charge on any atom is 0.0765 e. The number of hydrogen-bond donors (Lipinski definition) is 0. The molecule has 2 rings (SSSR count). The summed E-state index contributed by atoms with van der Waals surface area (Å²) in [6.07, 6.45) is 9.05. The maximum atomic E-state index is 8.92. The number of rotatable bonds is 1. The summed E-state index contributed by atoms with van der Waals surface area (Å²) < 4.78 is 5.64. The number of nitrogens with zero attached hydrogens (tertiary/aromatic N) is 1. The molecule has 0 saturated carbocycles. The van der Waals surface area contributed by atoms with E-state index >= 15 is 0 Å². The van der Waals surface area contributed by atoms with E-state index in [9.17, 15) is 0 Å². The molecule has 3 unspecified atom stereocenters. The smallest absolute Gasteiger partial charge is 0.0765 e. The van der Waals surface area contributed by atoms with Crippen molar-refractivity contribution in [2.75, 3.05) is 6.61 Å². The van der Waals surface area contributed by atoms with Crippen molar-refractivity contribution in [2.45, 2.75) is 31.8 Å². The Bertz CT molecular complexity index is 241. The fourth-order valence-electron chi connectivity index (χ4n) is 2.33. The first-order valence-corrected chi connectivity index (χ1v) is 5.08. The summed E-state index contributed by atoms with van der Waals surface area (Å²) in [5.74, 6) is 0.744. The lowest BCUT2D eigenvalue weighted by atomic mass is 9.84. The molecule has 0 spiro atoms. The van der Waals surface area contributed by atoms with Crippen molar-refractivity contribution >= 4 is 0 Å². The average Bonchev–Trinajstić information content (AvgIpc) is 2.67. The predicted octanol–water partition coefficient (Wildman–Crippen LogP) is 2.27. The lowest BCUT2D eigenvalue weighted by molar-refractivity contribution is 0.0476. The van der Waals surface area contributed by atoms with Crippen LogP contribution in [0.1, 0.15) is 25.7 Å². The molecule has 1 aliphatic carbocycles. The molecule has 2 heteroatoms. The second-order valence-electron chi connectivity index (χ2n) is 3.90. The highest BCUT2D eigenvalue weighted by Gasteiger charge is 2.34. The Labute approximate surface area is 79.2 Å². The Kier molecular flexibility index (Phi) is 2.65. The van der Waals surface area contributed by atoms with Gasteiger partial charge in [-0.2, -0.15) is 5.26 Å². The third-order valence-electron chi connectivity index (χ3n) is 3.08. The van der Waals surface area contributed by atoms with Crippen molar-refractivity contribution in [1.82, 2.24) is 0 Å². The third-order valence-corrected chi connectivity index (χ3v) is 3.08. The number of allylic oxidation sites excluding steroid dienone is 2. The van der Waals surface area contributed by atoms with Crippen LogP contribution < -0.4 is 0 Å². The zero-order valence-corrected chi connectivity index (χ0v) is 7.78. The Morgan fingerprint density at radius 1 is 1.31 bits per heavy atom. The Balaban J connectivity index is 1.99. The summed E-state index contributed by atoms with van der Waals surface area (Å²) in [5.41, 5.74) is 0. The van der Waals surface area contributed by atoms with Crippen LogP contribution in [0.4, 0.5) is 0 Å². The van der Waals surface area contributed by atoms with Crippen molar-refractivity contribution in [1.29, 1.82) is 5.26 Å². The van der Waals surface area contributed by atoms with Crippen molar-refractivity contribution in [3.8, 4) is 6.07 Å². The van der Waals surface area contributed by atoms with Gasteiger partial charge in [-0.05, 0) is 31.6 Å². The molecule has 0 radical (unpaired) electrons. The summed E-state index contributed by atoms with van der Waals surface area (Å²) in [5, 5.41) is 8.92. The molecule has 0 amide bonds. The molecule has 1 heterocycles. The molecule has 0 bridgehead atoms. The van der Waals surface area contributed by atoms with Gasteiger partial charge in [-0.1, -0.05) is 12.2 Å². The molecule has 13 heavy (non-hydrogen) atoms. The SMILES string of the molecule is N#CC1CCOC1C1CC=CCC1. The topological polar surface area (TPSA) is 33.0 Å². The van der Waals surface area contributed by atoms with E-state index in [4.69, 9.17) is 10.00 Å². The molecule has 2 nitrogen and oxygen atoms in total. The number of hydrogen-bond acceptors (Lipinski definition) is 2. The highest BCUT2D eigenvalue weighted by molar-refractivity contribution is 5.00. The summed E-state index contributed by atoms with van der Waals surface area (Å²) in [6, 6.07) is 2.36. The predicted molar refractivity (Wildman–Crippen MR) is 49.9 cm³/mol. The van der Waals surface area contributed by atoms with Gasteiger partial charge in [0, 0.05) is 6.61 Å². The van der Waals surface area contributed by atoms with Crippen molar-refractivity contribution in [3.63, 3.8) is 0 Å². The van der Waals surface area contributed by atoms with E-state index in [0.717, 1.165) is 25.9 Å². The van der Waals surface area contributed by atoms with Crippen molar-refractivity contribution < 1.29 is 4.74 Å². The first-order chi connectivity index (χ1) is 6.42. The van der Waals surface area contributed by atoms with E-state index < -0.39 is 0 Å². The summed E-state index contributed by atoms with van der Waals surface area (Å²) >= 11 is 0. The van der Waals surface area contributed by atoms with Crippen molar-refractivity contribution in [3.05, 3.63) is 12.2 Å². The van der Waals surface area contributed by atoms with E-state index in [1.165, 1.54) is 6.42 Å². The van der Waals surface area contributed by atoms with Crippen LogP contribution in [-0.4, -0.2) is 12.7 Å². The molecule has 3 atom stereocenters. The van der Waals surface area contributed by atoms with Gasteiger partial charge in [0.15, 0.2) is 0 Å². The standard InChI is InChI=1S/C11H15NO/c12-8-10-6-7-13-11(10)9-4-2-1-3-5-9/h1-2,9-11H,3-7H2. The largest absolute Gasteiger partial charge is 0.377 e. The molecule has 0 aromatic rings. The van der Waals surface area contributed by atoms with Crippen molar-refractivity contribution in [2.24, 2.45) is 11.8 Å². The summed E-state index contributed by atoms with van der Waals surface area (Å²) in [4.78, 5) is 0. The van der Waals surface area contributed by atoms with Crippen LogP contribution in [0.5, 0.6) is 0 Å². The van der Waals surface area contributed by atoms with E-state index in [2.05, 4.69) is 18.2 Å². The molecule has 70 valence electrons. The third kappa shape index (κ3) is 1.76. The fourth-order valence-corrected chi connectivity index (χ4v) is 2.33. The van der Waals surface area contributed by atoms with Gasteiger partial charge < -0.3 is 4.74 Å². The lowest BCUT2D eigenvalue weighted by Crippen LogP contribution is -2.26. The molecule has 1 aliphatic heterocycles. The second kappa shape index (κ2) is 3.93. The number of nitriles is 1. The monoisotopic (exact) mass is 177 g/mol. The quantitative estimate of drug-likeness (QED) is 0.575. The number of ether oxygens (including phenoxy) is 1. The molecule has 1 fully saturated rings. The van der Waals surface area contributed by atoms with Crippen LogP contribution in [0.15, 0.2) is 12.2 Å². The van der Waals surface area contributed by atoms with E-state index in [-0.39, 0.29) is 12.0 Å². The Morgan fingerprint density at radius 3 is 2.92 bits per heavy atom. The minimum atomic E-state index is 0.150. The second-order valence-corrected chi connectivity index (χ2v) is 3.90. The molecule has 0 aromatic heterocycles. The Hall–Kier alpha value is -0.810. The molecular weight excluding hydrogens is 162 g/mol. The van der Waals surface area contributed by atoms with Gasteiger partial charge in [0.25, 0.3) is 0 Å². The first-order valence-electron chi connectivity index (χ1n) is 5.08. The summed E-state index contributed by atoms with van der Waals surface area (Å²) in [7, 11) is 0. The molecule has 0 aromatic carbocycles.